The summed E-state index contributed by atoms with van der Waals surface area (Å²) >= 11 is 1.65. The highest BCUT2D eigenvalue weighted by Gasteiger charge is 2.38. The minimum atomic E-state index is -0.793. The van der Waals surface area contributed by atoms with Crippen LogP contribution in [0, 0.1) is 6.92 Å². The molecule has 0 aliphatic carbocycles. The molecule has 0 bridgehead atoms. The zero-order chi connectivity index (χ0) is 17.0. The normalized spacial score (nSPS) is 21.1. The summed E-state index contributed by atoms with van der Waals surface area (Å²) < 4.78 is 0. The van der Waals surface area contributed by atoms with Crippen molar-refractivity contribution in [3.63, 3.8) is 0 Å². The van der Waals surface area contributed by atoms with Gasteiger partial charge in [-0.15, -0.1) is 11.3 Å². The van der Waals surface area contributed by atoms with Gasteiger partial charge in [-0.05, 0) is 35.9 Å². The quantitative estimate of drug-likeness (QED) is 0.847. The highest BCUT2D eigenvalue weighted by Crippen LogP contribution is 2.33. The van der Waals surface area contributed by atoms with Crippen molar-refractivity contribution >= 4 is 17.2 Å². The Morgan fingerprint density at radius 1 is 1.33 bits per heavy atom. The third-order valence-electron chi connectivity index (χ3n) is 4.67. The van der Waals surface area contributed by atoms with Gasteiger partial charge in [0.25, 0.3) is 0 Å². The van der Waals surface area contributed by atoms with Crippen LogP contribution in [0.25, 0.3) is 0 Å². The molecule has 0 unspecified atom stereocenters. The number of hydrogen-bond acceptors (Lipinski definition) is 4. The van der Waals surface area contributed by atoms with Crippen molar-refractivity contribution < 1.29 is 9.90 Å². The minimum Gasteiger partial charge on any atom is -0.384 e. The van der Waals surface area contributed by atoms with E-state index in [0.29, 0.717) is 32.5 Å². The number of benzene rings is 1. The third kappa shape index (κ3) is 4.04. The number of rotatable bonds is 6. The molecule has 0 saturated carbocycles. The largest absolute Gasteiger partial charge is 0.384 e. The molecule has 0 spiro atoms. The van der Waals surface area contributed by atoms with Gasteiger partial charge in [0.05, 0.1) is 6.54 Å². The van der Waals surface area contributed by atoms with Gasteiger partial charge in [0, 0.05) is 30.9 Å². The van der Waals surface area contributed by atoms with E-state index in [4.69, 9.17) is 0 Å². The zero-order valence-electron chi connectivity index (χ0n) is 14.0. The van der Waals surface area contributed by atoms with Gasteiger partial charge in [-0.2, -0.15) is 0 Å². The molecule has 128 valence electrons. The van der Waals surface area contributed by atoms with Crippen LogP contribution in [0.4, 0.5) is 0 Å². The monoisotopic (exact) mass is 344 g/mol. The number of carbonyl (C=O) groups excluding carboxylic acids is 1. The number of nitrogens with one attached hydrogen (secondary N) is 1. The molecule has 1 aromatic heterocycles. The second-order valence-corrected chi connectivity index (χ2v) is 7.51. The zero-order valence-corrected chi connectivity index (χ0v) is 14.8. The van der Waals surface area contributed by atoms with Crippen LogP contribution in [0.1, 0.15) is 28.8 Å². The van der Waals surface area contributed by atoms with E-state index in [9.17, 15) is 9.90 Å². The average molecular weight is 344 g/mol. The lowest BCUT2D eigenvalue weighted by Gasteiger charge is -2.25. The number of aryl methyl sites for hydroxylation is 1. The first kappa shape index (κ1) is 17.1. The number of β-amino-alcohol motifs (C(OH)–C–C–N with tert-alkyl or cyclic N) is 1. The van der Waals surface area contributed by atoms with Crippen LogP contribution < -0.4 is 5.32 Å². The summed E-state index contributed by atoms with van der Waals surface area (Å²) in [5.74, 6) is 0.0646. The first-order valence-electron chi connectivity index (χ1n) is 8.37. The fourth-order valence-corrected chi connectivity index (χ4v) is 3.97. The number of nitrogens with zero attached hydrogens (tertiary/aromatic N) is 1. The minimum absolute atomic E-state index is 0.0646. The molecule has 5 heteroatoms. The van der Waals surface area contributed by atoms with E-state index in [-0.39, 0.29) is 5.91 Å². The highest BCUT2D eigenvalue weighted by atomic mass is 32.1. The number of carbonyl (C=O) groups is 1. The number of amides is 1. The lowest BCUT2D eigenvalue weighted by atomic mass is 9.89. The standard InChI is InChI=1S/C19H24N2O2S/c1-15-5-2-3-7-17(15)19(23)9-11-21(14-19)10-8-18(22)20-13-16-6-4-12-24-16/h2-7,12,23H,8-11,13-14H2,1H3,(H,20,22)/t19-/m0/s1. The second kappa shape index (κ2) is 7.47. The fraction of sp³-hybridized carbons (Fsp3) is 0.421. The molecule has 1 saturated heterocycles. The first-order chi connectivity index (χ1) is 11.6. The molecule has 4 nitrogen and oxygen atoms in total. The molecule has 1 amide bonds. The van der Waals surface area contributed by atoms with Crippen molar-refractivity contribution in [3.8, 4) is 0 Å². The van der Waals surface area contributed by atoms with Crippen LogP contribution in [0.15, 0.2) is 41.8 Å². The second-order valence-electron chi connectivity index (χ2n) is 6.48. The van der Waals surface area contributed by atoms with Gasteiger partial charge in [-0.1, -0.05) is 30.3 Å². The molecule has 1 aromatic carbocycles. The Labute approximate surface area is 147 Å². The lowest BCUT2D eigenvalue weighted by molar-refractivity contribution is -0.121. The van der Waals surface area contributed by atoms with Crippen LogP contribution in [0.5, 0.6) is 0 Å². The van der Waals surface area contributed by atoms with E-state index in [1.54, 1.807) is 11.3 Å². The maximum absolute atomic E-state index is 12.0. The molecule has 1 atom stereocenters. The Balaban J connectivity index is 1.47. The van der Waals surface area contributed by atoms with E-state index in [0.717, 1.165) is 17.7 Å². The first-order valence-corrected chi connectivity index (χ1v) is 9.25. The van der Waals surface area contributed by atoms with Crippen molar-refractivity contribution in [3.05, 3.63) is 57.8 Å². The van der Waals surface area contributed by atoms with Gasteiger partial charge in [0.15, 0.2) is 0 Å². The Morgan fingerprint density at radius 2 is 2.17 bits per heavy atom. The van der Waals surface area contributed by atoms with Crippen LogP contribution >= 0.6 is 11.3 Å². The molecule has 2 N–H and O–H groups in total. The summed E-state index contributed by atoms with van der Waals surface area (Å²) in [4.78, 5) is 15.3. The Bertz CT molecular complexity index is 686. The average Bonchev–Trinajstić information content (AvgIpc) is 3.22. The van der Waals surface area contributed by atoms with E-state index >= 15 is 0 Å². The fourth-order valence-electron chi connectivity index (χ4n) is 3.32. The summed E-state index contributed by atoms with van der Waals surface area (Å²) in [5, 5.41) is 15.9. The van der Waals surface area contributed by atoms with Gasteiger partial charge in [-0.3, -0.25) is 9.69 Å². The van der Waals surface area contributed by atoms with Crippen LogP contribution in [-0.2, 0) is 16.9 Å². The predicted octanol–water partition coefficient (Wildman–Crippen LogP) is 2.66. The van der Waals surface area contributed by atoms with E-state index in [2.05, 4.69) is 10.2 Å². The molecule has 2 aromatic rings. The Kier molecular flexibility index (Phi) is 5.33. The SMILES string of the molecule is Cc1ccccc1[C@]1(O)CCN(CCC(=O)NCc2cccs2)C1. The Morgan fingerprint density at radius 3 is 2.92 bits per heavy atom. The van der Waals surface area contributed by atoms with Crippen LogP contribution in [0.3, 0.4) is 0 Å². The molecule has 24 heavy (non-hydrogen) atoms. The number of hydrogen-bond donors (Lipinski definition) is 2. The third-order valence-corrected chi connectivity index (χ3v) is 5.54. The summed E-state index contributed by atoms with van der Waals surface area (Å²) in [6.07, 6.45) is 1.18. The Hall–Kier alpha value is -1.69. The van der Waals surface area contributed by atoms with Crippen molar-refractivity contribution in [2.24, 2.45) is 0 Å². The summed E-state index contributed by atoms with van der Waals surface area (Å²) in [6.45, 7) is 4.74. The van der Waals surface area contributed by atoms with E-state index in [1.165, 1.54) is 4.88 Å². The molecular formula is C19H24N2O2S. The van der Waals surface area contributed by atoms with Crippen LogP contribution in [0.2, 0.25) is 0 Å². The molecule has 0 radical (unpaired) electrons. The van der Waals surface area contributed by atoms with Gasteiger partial charge < -0.3 is 10.4 Å². The van der Waals surface area contributed by atoms with Crippen molar-refractivity contribution in [2.45, 2.75) is 31.9 Å². The van der Waals surface area contributed by atoms with Crippen LogP contribution in [-0.4, -0.2) is 35.5 Å². The van der Waals surface area contributed by atoms with Crippen molar-refractivity contribution in [1.29, 1.82) is 0 Å². The summed E-state index contributed by atoms with van der Waals surface area (Å²) in [5.41, 5.74) is 1.34. The molecular weight excluding hydrogens is 320 g/mol. The maximum Gasteiger partial charge on any atom is 0.221 e. The number of thiophene rings is 1. The van der Waals surface area contributed by atoms with E-state index < -0.39 is 5.60 Å². The summed E-state index contributed by atoms with van der Waals surface area (Å²) in [6, 6.07) is 12.0. The molecule has 3 rings (SSSR count). The van der Waals surface area contributed by atoms with Crippen molar-refractivity contribution in [1.82, 2.24) is 10.2 Å². The maximum atomic E-state index is 12.0. The van der Waals surface area contributed by atoms with Gasteiger partial charge in [-0.25, -0.2) is 0 Å². The highest BCUT2D eigenvalue weighted by molar-refractivity contribution is 7.09. The molecule has 1 aliphatic rings. The van der Waals surface area contributed by atoms with E-state index in [1.807, 2.05) is 48.7 Å². The van der Waals surface area contributed by atoms with Gasteiger partial charge >= 0.3 is 0 Å². The summed E-state index contributed by atoms with van der Waals surface area (Å²) in [7, 11) is 0. The topological polar surface area (TPSA) is 52.6 Å². The van der Waals surface area contributed by atoms with Gasteiger partial charge in [0.2, 0.25) is 5.91 Å². The number of likely N-dealkylation sites (tertiary alicyclic amines) is 1. The van der Waals surface area contributed by atoms with Gasteiger partial charge in [0.1, 0.15) is 5.60 Å². The number of aliphatic hydroxyl groups is 1. The predicted molar refractivity (Wildman–Crippen MR) is 96.9 cm³/mol. The molecule has 2 heterocycles. The lowest BCUT2D eigenvalue weighted by Crippen LogP contribution is -2.33. The molecule has 1 fully saturated rings. The smallest absolute Gasteiger partial charge is 0.221 e. The van der Waals surface area contributed by atoms with Crippen molar-refractivity contribution in [2.75, 3.05) is 19.6 Å². The molecule has 1 aliphatic heterocycles.